The molecule has 1 rings (SSSR count). The van der Waals surface area contributed by atoms with Crippen molar-refractivity contribution in [3.8, 4) is 0 Å². The van der Waals surface area contributed by atoms with Crippen molar-refractivity contribution in [2.45, 2.75) is 32.6 Å². The van der Waals surface area contributed by atoms with E-state index in [2.05, 4.69) is 10.1 Å². The highest BCUT2D eigenvalue weighted by Crippen LogP contribution is 2.20. The Hall–Kier alpha value is -1.59. The maximum Gasteiger partial charge on any atom is 0.316 e. The van der Waals surface area contributed by atoms with Gasteiger partial charge < -0.3 is 10.5 Å². The van der Waals surface area contributed by atoms with Crippen molar-refractivity contribution < 1.29 is 9.53 Å². The van der Waals surface area contributed by atoms with E-state index in [1.54, 1.807) is 14.0 Å². The minimum absolute atomic E-state index is 0.282. The molecular formula is C10H18N4O2. The quantitative estimate of drug-likeness (QED) is 0.752. The van der Waals surface area contributed by atoms with Crippen molar-refractivity contribution >= 4 is 11.9 Å². The lowest BCUT2D eigenvalue weighted by Crippen LogP contribution is -2.17. The van der Waals surface area contributed by atoms with E-state index in [4.69, 9.17) is 10.5 Å². The lowest BCUT2D eigenvalue weighted by molar-refractivity contribution is -0.145. The second kappa shape index (κ2) is 5.48. The minimum atomic E-state index is -0.409. The second-order valence-electron chi connectivity index (χ2n) is 3.55. The van der Waals surface area contributed by atoms with Crippen LogP contribution in [0.25, 0.3) is 0 Å². The monoisotopic (exact) mass is 226 g/mol. The van der Waals surface area contributed by atoms with Crippen LogP contribution in [0, 0.1) is 0 Å². The van der Waals surface area contributed by atoms with Gasteiger partial charge in [-0.05, 0) is 13.3 Å². The number of anilines is 1. The van der Waals surface area contributed by atoms with Crippen molar-refractivity contribution in [1.82, 2.24) is 14.8 Å². The molecule has 1 atom stereocenters. The van der Waals surface area contributed by atoms with Crippen LogP contribution in [0.15, 0.2) is 0 Å². The minimum Gasteiger partial charge on any atom is -0.465 e. The second-order valence-corrected chi connectivity index (χ2v) is 3.55. The zero-order valence-electron chi connectivity index (χ0n) is 9.93. The number of carbonyl (C=O) groups excluding carboxylic acids is 1. The number of aryl methyl sites for hydroxylation is 1. The number of hydrogen-bond donors (Lipinski definition) is 1. The van der Waals surface area contributed by atoms with Crippen molar-refractivity contribution in [3.05, 3.63) is 5.82 Å². The van der Waals surface area contributed by atoms with E-state index < -0.39 is 5.92 Å². The van der Waals surface area contributed by atoms with Crippen molar-refractivity contribution in [2.24, 2.45) is 7.05 Å². The van der Waals surface area contributed by atoms with Crippen LogP contribution in [0.3, 0.4) is 0 Å². The molecule has 0 amide bonds. The first-order valence-electron chi connectivity index (χ1n) is 5.43. The van der Waals surface area contributed by atoms with Crippen LogP contribution in [0.2, 0.25) is 0 Å². The molecule has 90 valence electrons. The molecule has 1 heterocycles. The van der Waals surface area contributed by atoms with E-state index in [0.29, 0.717) is 24.8 Å². The fourth-order valence-corrected chi connectivity index (χ4v) is 1.45. The number of nitrogens with two attached hydrogens (primary N) is 1. The summed E-state index contributed by atoms with van der Waals surface area (Å²) in [5.41, 5.74) is 5.59. The van der Waals surface area contributed by atoms with E-state index in [1.807, 2.05) is 6.92 Å². The van der Waals surface area contributed by atoms with Crippen molar-refractivity contribution in [3.63, 3.8) is 0 Å². The molecule has 0 bridgehead atoms. The Balaban J connectivity index is 2.88. The largest absolute Gasteiger partial charge is 0.465 e. The number of esters is 1. The van der Waals surface area contributed by atoms with Gasteiger partial charge >= 0.3 is 5.97 Å². The molecule has 0 fully saturated rings. The van der Waals surface area contributed by atoms with Crippen LogP contribution in [-0.2, 0) is 16.6 Å². The fraction of sp³-hybridized carbons (Fsp3) is 0.700. The maximum absolute atomic E-state index is 11.7. The molecule has 6 nitrogen and oxygen atoms in total. The number of ether oxygens (including phenoxy) is 1. The molecular weight excluding hydrogens is 208 g/mol. The molecule has 2 N–H and O–H groups in total. The number of rotatable bonds is 5. The van der Waals surface area contributed by atoms with E-state index in [-0.39, 0.29) is 5.97 Å². The summed E-state index contributed by atoms with van der Waals surface area (Å²) in [5, 5.41) is 4.11. The van der Waals surface area contributed by atoms with Crippen LogP contribution >= 0.6 is 0 Å². The molecule has 1 unspecified atom stereocenters. The fourth-order valence-electron chi connectivity index (χ4n) is 1.45. The maximum atomic E-state index is 11.7. The van der Waals surface area contributed by atoms with Gasteiger partial charge in [0.2, 0.25) is 5.95 Å². The van der Waals surface area contributed by atoms with Gasteiger partial charge in [-0.2, -0.15) is 10.1 Å². The zero-order chi connectivity index (χ0) is 12.1. The summed E-state index contributed by atoms with van der Waals surface area (Å²) < 4.78 is 6.45. The predicted octanol–water partition coefficient (Wildman–Crippen LogP) is 0.844. The standard InChI is InChI=1S/C10H18N4O2/c1-4-6-7(9(15)16-5-2)8-12-10(11)14(3)13-8/h7H,4-6H2,1-3H3,(H2,11,12,13). The van der Waals surface area contributed by atoms with Gasteiger partial charge in [0.25, 0.3) is 0 Å². The van der Waals surface area contributed by atoms with Gasteiger partial charge in [0.05, 0.1) is 6.61 Å². The van der Waals surface area contributed by atoms with Crippen molar-refractivity contribution in [1.29, 1.82) is 0 Å². The van der Waals surface area contributed by atoms with Gasteiger partial charge in [-0.3, -0.25) is 4.79 Å². The molecule has 0 spiro atoms. The lowest BCUT2D eigenvalue weighted by atomic mass is 10.0. The molecule has 0 saturated carbocycles. The summed E-state index contributed by atoms with van der Waals surface area (Å²) in [5.74, 6) is 0.0594. The third-order valence-corrected chi connectivity index (χ3v) is 2.27. The highest BCUT2D eigenvalue weighted by molar-refractivity contribution is 5.77. The first-order valence-corrected chi connectivity index (χ1v) is 5.43. The third kappa shape index (κ3) is 2.71. The number of hydrogen-bond acceptors (Lipinski definition) is 5. The van der Waals surface area contributed by atoms with Gasteiger partial charge in [0.15, 0.2) is 5.82 Å². The number of nitrogen functional groups attached to an aromatic ring is 1. The number of carbonyl (C=O) groups is 1. The molecule has 16 heavy (non-hydrogen) atoms. The van der Waals surface area contributed by atoms with Gasteiger partial charge in [0, 0.05) is 7.05 Å². The van der Waals surface area contributed by atoms with E-state index in [1.165, 1.54) is 4.68 Å². The summed E-state index contributed by atoms with van der Waals surface area (Å²) in [7, 11) is 1.69. The molecule has 0 aliphatic carbocycles. The summed E-state index contributed by atoms with van der Waals surface area (Å²) in [6.07, 6.45) is 1.53. The average molecular weight is 226 g/mol. The van der Waals surface area contributed by atoms with Crippen LogP contribution in [0.5, 0.6) is 0 Å². The Morgan fingerprint density at radius 1 is 1.56 bits per heavy atom. The van der Waals surface area contributed by atoms with Crippen LogP contribution in [-0.4, -0.2) is 27.3 Å². The first-order chi connectivity index (χ1) is 7.60. The summed E-state index contributed by atoms with van der Waals surface area (Å²) in [6, 6.07) is 0. The number of nitrogens with zero attached hydrogens (tertiary/aromatic N) is 3. The summed E-state index contributed by atoms with van der Waals surface area (Å²) in [4.78, 5) is 15.8. The molecule has 1 aromatic heterocycles. The normalized spacial score (nSPS) is 12.4. The Labute approximate surface area is 94.8 Å². The summed E-state index contributed by atoms with van der Waals surface area (Å²) >= 11 is 0. The first kappa shape index (κ1) is 12.5. The van der Waals surface area contributed by atoms with Crippen LogP contribution in [0.1, 0.15) is 38.4 Å². The Bertz CT molecular complexity index is 342. The van der Waals surface area contributed by atoms with Gasteiger partial charge in [-0.15, -0.1) is 0 Å². The number of aromatic nitrogens is 3. The van der Waals surface area contributed by atoms with Gasteiger partial charge in [-0.25, -0.2) is 4.68 Å². The van der Waals surface area contributed by atoms with Gasteiger partial charge in [0.1, 0.15) is 5.92 Å². The van der Waals surface area contributed by atoms with E-state index in [0.717, 1.165) is 6.42 Å². The van der Waals surface area contributed by atoms with Crippen LogP contribution in [0.4, 0.5) is 5.95 Å². The van der Waals surface area contributed by atoms with Crippen LogP contribution < -0.4 is 5.73 Å². The zero-order valence-corrected chi connectivity index (χ0v) is 9.93. The SMILES string of the molecule is CCCC(C(=O)OCC)c1nc(N)n(C)n1. The highest BCUT2D eigenvalue weighted by Gasteiger charge is 2.25. The third-order valence-electron chi connectivity index (χ3n) is 2.27. The molecule has 0 aliphatic heterocycles. The molecule has 1 aromatic rings. The predicted molar refractivity (Wildman–Crippen MR) is 59.7 cm³/mol. The average Bonchev–Trinajstić information content (AvgIpc) is 2.55. The Morgan fingerprint density at radius 3 is 2.69 bits per heavy atom. The van der Waals surface area contributed by atoms with E-state index >= 15 is 0 Å². The molecule has 0 radical (unpaired) electrons. The van der Waals surface area contributed by atoms with Crippen molar-refractivity contribution in [2.75, 3.05) is 12.3 Å². The molecule has 0 saturated heterocycles. The highest BCUT2D eigenvalue weighted by atomic mass is 16.5. The molecule has 0 aliphatic rings. The smallest absolute Gasteiger partial charge is 0.316 e. The Morgan fingerprint density at radius 2 is 2.25 bits per heavy atom. The van der Waals surface area contributed by atoms with E-state index in [9.17, 15) is 4.79 Å². The molecule has 0 aromatic carbocycles. The topological polar surface area (TPSA) is 83.0 Å². The summed E-state index contributed by atoms with van der Waals surface area (Å²) in [6.45, 7) is 4.14. The lowest BCUT2D eigenvalue weighted by Gasteiger charge is -2.10. The molecule has 6 heteroatoms. The van der Waals surface area contributed by atoms with Gasteiger partial charge in [-0.1, -0.05) is 13.3 Å². The Kier molecular flexibility index (Phi) is 4.28.